The smallest absolute Gasteiger partial charge is 0.362 e. The Morgan fingerprint density at radius 3 is 2.38 bits per heavy atom. The first-order valence-electron chi connectivity index (χ1n) is 9.81. The van der Waals surface area contributed by atoms with Crippen LogP contribution in [0.2, 0.25) is 0 Å². The van der Waals surface area contributed by atoms with Crippen molar-refractivity contribution < 1.29 is 18.1 Å². The fourth-order valence-electron chi connectivity index (χ4n) is 3.50. The predicted octanol–water partition coefficient (Wildman–Crippen LogP) is 3.53. The van der Waals surface area contributed by atoms with Gasteiger partial charge in [0.25, 0.3) is 11.2 Å². The van der Waals surface area contributed by atoms with Gasteiger partial charge in [0, 0.05) is 44.2 Å². The Hall–Kier alpha value is -3.22. The van der Waals surface area contributed by atoms with E-state index in [4.69, 9.17) is 0 Å². The van der Waals surface area contributed by atoms with E-state index in [-0.39, 0.29) is 17.2 Å². The van der Waals surface area contributed by atoms with Crippen molar-refractivity contribution in [1.29, 1.82) is 0 Å². The molecule has 0 unspecified atom stereocenters. The summed E-state index contributed by atoms with van der Waals surface area (Å²) < 4.78 is 40.1. The second-order valence-corrected chi connectivity index (χ2v) is 8.66. The normalized spacial score (nSPS) is 15.1. The van der Waals surface area contributed by atoms with Crippen molar-refractivity contribution in [3.8, 4) is 0 Å². The number of halogens is 3. The van der Waals surface area contributed by atoms with Crippen molar-refractivity contribution in [2.24, 2.45) is 0 Å². The minimum Gasteiger partial charge on any atom is -0.362 e. The number of benzene rings is 1. The van der Waals surface area contributed by atoms with Crippen LogP contribution in [-0.4, -0.2) is 45.7 Å². The van der Waals surface area contributed by atoms with Crippen molar-refractivity contribution in [3.63, 3.8) is 0 Å². The number of hydrogen-bond acceptors (Lipinski definition) is 8. The molecule has 1 saturated heterocycles. The number of alkyl halides is 3. The first kappa shape index (κ1) is 22.0. The van der Waals surface area contributed by atoms with Crippen LogP contribution in [0.1, 0.15) is 30.3 Å². The molecule has 0 amide bonds. The number of nitrogens with zero attached hydrogens (tertiary/aromatic N) is 6. The lowest BCUT2D eigenvalue weighted by molar-refractivity contribution is -0.384. The summed E-state index contributed by atoms with van der Waals surface area (Å²) in [5.41, 5.74) is -1.81. The highest BCUT2D eigenvalue weighted by molar-refractivity contribution is 7.16. The molecule has 0 saturated carbocycles. The Morgan fingerprint density at radius 2 is 1.78 bits per heavy atom. The first-order chi connectivity index (χ1) is 15.0. The Kier molecular flexibility index (Phi) is 5.53. The molecule has 9 nitrogen and oxygen atoms in total. The van der Waals surface area contributed by atoms with Crippen LogP contribution in [0.3, 0.4) is 0 Å². The molecule has 0 aliphatic carbocycles. The monoisotopic (exact) mass is 468 g/mol. The average Bonchev–Trinajstić information content (AvgIpc) is 3.18. The topological polar surface area (TPSA) is 96.9 Å². The number of rotatable bonds is 4. The van der Waals surface area contributed by atoms with E-state index in [1.165, 1.54) is 21.9 Å². The van der Waals surface area contributed by atoms with E-state index in [0.717, 1.165) is 17.1 Å². The fraction of sp³-hybridized carbons (Fsp3) is 0.421. The fourth-order valence-corrected chi connectivity index (χ4v) is 4.40. The van der Waals surface area contributed by atoms with Gasteiger partial charge in [-0.1, -0.05) is 25.2 Å². The Balaban J connectivity index is 1.56. The lowest BCUT2D eigenvalue weighted by atomic mass is 10.1. The molecule has 1 aromatic carbocycles. The van der Waals surface area contributed by atoms with Crippen LogP contribution >= 0.6 is 11.3 Å². The predicted molar refractivity (Wildman–Crippen MR) is 114 cm³/mol. The molecule has 0 spiro atoms. The molecular formula is C19H19F3N6O3S. The van der Waals surface area contributed by atoms with E-state index in [9.17, 15) is 28.1 Å². The van der Waals surface area contributed by atoms with Gasteiger partial charge >= 0.3 is 6.18 Å². The maximum Gasteiger partial charge on any atom is 0.416 e. The largest absolute Gasteiger partial charge is 0.416 e. The van der Waals surface area contributed by atoms with E-state index in [1.807, 2.05) is 18.7 Å². The molecule has 0 bridgehead atoms. The van der Waals surface area contributed by atoms with Gasteiger partial charge in [0.15, 0.2) is 0 Å². The molecule has 0 radical (unpaired) electrons. The number of hydrogen-bond donors (Lipinski definition) is 0. The van der Waals surface area contributed by atoms with Crippen LogP contribution in [0.25, 0.3) is 4.96 Å². The van der Waals surface area contributed by atoms with Crippen LogP contribution < -0.4 is 15.4 Å². The van der Waals surface area contributed by atoms with Gasteiger partial charge in [0.05, 0.1) is 10.5 Å². The molecule has 0 atom stereocenters. The summed E-state index contributed by atoms with van der Waals surface area (Å²) in [7, 11) is 0. The molecule has 4 rings (SSSR count). The average molecular weight is 468 g/mol. The van der Waals surface area contributed by atoms with E-state index in [0.29, 0.717) is 43.0 Å². The third-order valence-electron chi connectivity index (χ3n) is 5.18. The van der Waals surface area contributed by atoms with E-state index in [2.05, 4.69) is 10.1 Å². The number of nitro benzene ring substituents is 1. The van der Waals surface area contributed by atoms with Crippen molar-refractivity contribution in [3.05, 3.63) is 55.3 Å². The third-order valence-corrected chi connectivity index (χ3v) is 6.39. The van der Waals surface area contributed by atoms with Crippen LogP contribution in [0, 0.1) is 10.1 Å². The molecule has 0 N–H and O–H groups in total. The molecule has 13 heteroatoms. The van der Waals surface area contributed by atoms with Gasteiger partial charge in [-0.15, -0.1) is 0 Å². The van der Waals surface area contributed by atoms with Gasteiger partial charge in [0.2, 0.25) is 4.96 Å². The zero-order valence-electron chi connectivity index (χ0n) is 17.2. The third kappa shape index (κ3) is 4.11. The first-order valence-corrected chi connectivity index (χ1v) is 10.6. The van der Waals surface area contributed by atoms with Gasteiger partial charge in [-0.2, -0.15) is 22.8 Å². The zero-order chi connectivity index (χ0) is 23.2. The van der Waals surface area contributed by atoms with Crippen LogP contribution in [-0.2, 0) is 6.18 Å². The van der Waals surface area contributed by atoms with Gasteiger partial charge in [-0.05, 0) is 12.1 Å². The van der Waals surface area contributed by atoms with Crippen molar-refractivity contribution in [1.82, 2.24) is 14.6 Å². The minimum absolute atomic E-state index is 0.134. The van der Waals surface area contributed by atoms with Gasteiger partial charge in [-0.25, -0.2) is 4.98 Å². The van der Waals surface area contributed by atoms with Gasteiger partial charge in [-0.3, -0.25) is 14.9 Å². The SMILES string of the molecule is CC(C)c1nn2c(=O)cc(N3CCN(c4ccc(C(F)(F)F)cc4[N+](=O)[O-])CC3)nc2s1. The second kappa shape index (κ2) is 8.04. The molecule has 3 heterocycles. The van der Waals surface area contributed by atoms with Gasteiger partial charge in [0.1, 0.15) is 16.5 Å². The molecule has 170 valence electrons. The van der Waals surface area contributed by atoms with Crippen molar-refractivity contribution in [2.45, 2.75) is 25.9 Å². The lowest BCUT2D eigenvalue weighted by Gasteiger charge is -2.36. The Labute approximate surface area is 183 Å². The molecule has 1 fully saturated rings. The summed E-state index contributed by atoms with van der Waals surface area (Å²) in [6.07, 6.45) is -4.66. The number of aromatic nitrogens is 3. The molecule has 3 aromatic rings. The molecule has 32 heavy (non-hydrogen) atoms. The zero-order valence-corrected chi connectivity index (χ0v) is 18.0. The maximum absolute atomic E-state index is 13.0. The van der Waals surface area contributed by atoms with Crippen molar-refractivity contribution >= 4 is 33.5 Å². The summed E-state index contributed by atoms with van der Waals surface area (Å²) in [6.45, 7) is 5.40. The van der Waals surface area contributed by atoms with Crippen LogP contribution in [0.15, 0.2) is 29.1 Å². The van der Waals surface area contributed by atoms with E-state index in [1.54, 1.807) is 4.90 Å². The second-order valence-electron chi connectivity index (χ2n) is 7.67. The molecule has 1 aliphatic heterocycles. The van der Waals surface area contributed by atoms with Crippen LogP contribution in [0.4, 0.5) is 30.4 Å². The number of anilines is 2. The molecule has 2 aromatic heterocycles. The quantitative estimate of drug-likeness (QED) is 0.427. The highest BCUT2D eigenvalue weighted by Gasteiger charge is 2.34. The highest BCUT2D eigenvalue weighted by atomic mass is 32.1. The number of fused-ring (bicyclic) bond motifs is 1. The van der Waals surface area contributed by atoms with E-state index >= 15 is 0 Å². The van der Waals surface area contributed by atoms with Crippen LogP contribution in [0.5, 0.6) is 0 Å². The summed E-state index contributed by atoms with van der Waals surface area (Å²) in [4.78, 5) is 31.6. The summed E-state index contributed by atoms with van der Waals surface area (Å²) in [5, 5.41) is 16.5. The molecule has 1 aliphatic rings. The maximum atomic E-state index is 13.0. The number of piperazine rings is 1. The standard InChI is InChI=1S/C19H19F3N6O3S/c1-11(2)17-24-27-16(29)10-15(23-18(27)32-17)26-7-5-25(6-8-26)13-4-3-12(19(20,21)22)9-14(13)28(30)31/h3-4,9-11H,5-8H2,1-2H3. The Bertz CT molecular complexity index is 1230. The summed E-state index contributed by atoms with van der Waals surface area (Å²) in [6, 6.07) is 3.95. The highest BCUT2D eigenvalue weighted by Crippen LogP contribution is 2.37. The van der Waals surface area contributed by atoms with E-state index < -0.39 is 22.4 Å². The molecular weight excluding hydrogens is 449 g/mol. The Morgan fingerprint density at radius 1 is 1.12 bits per heavy atom. The number of nitro groups is 1. The van der Waals surface area contributed by atoms with Gasteiger partial charge < -0.3 is 9.80 Å². The summed E-state index contributed by atoms with van der Waals surface area (Å²) >= 11 is 1.34. The summed E-state index contributed by atoms with van der Waals surface area (Å²) in [5.74, 6) is 0.642. The van der Waals surface area contributed by atoms with Crippen molar-refractivity contribution in [2.75, 3.05) is 36.0 Å². The minimum atomic E-state index is -4.66. The lowest BCUT2D eigenvalue weighted by Crippen LogP contribution is -2.47.